The number of pyridine rings is 1. The predicted molar refractivity (Wildman–Crippen MR) is 79.6 cm³/mol. The van der Waals surface area contributed by atoms with Crippen molar-refractivity contribution in [2.75, 3.05) is 14.2 Å². The van der Waals surface area contributed by atoms with Crippen molar-refractivity contribution in [3.05, 3.63) is 53.7 Å². The summed E-state index contributed by atoms with van der Waals surface area (Å²) < 4.78 is 5.12. The monoisotopic (exact) mass is 274 g/mol. The highest BCUT2D eigenvalue weighted by atomic mass is 32.2. The normalized spacial score (nSPS) is 10.4. The van der Waals surface area contributed by atoms with Crippen molar-refractivity contribution in [2.24, 2.45) is 0 Å². The van der Waals surface area contributed by atoms with Crippen LogP contribution >= 0.6 is 11.8 Å². The summed E-state index contributed by atoms with van der Waals surface area (Å²) in [5.74, 6) is 1.52. The van der Waals surface area contributed by atoms with Gasteiger partial charge in [-0.25, -0.2) is 4.98 Å². The van der Waals surface area contributed by atoms with Crippen LogP contribution in [0.25, 0.3) is 0 Å². The van der Waals surface area contributed by atoms with Gasteiger partial charge in [-0.2, -0.15) is 0 Å². The van der Waals surface area contributed by atoms with Crippen molar-refractivity contribution in [3.8, 4) is 5.88 Å². The molecule has 2 rings (SSSR count). The molecule has 1 aromatic carbocycles. The minimum Gasteiger partial charge on any atom is -0.481 e. The molecule has 0 spiro atoms. The van der Waals surface area contributed by atoms with E-state index in [0.717, 1.165) is 18.0 Å². The molecule has 1 aromatic heterocycles. The second-order valence-electron chi connectivity index (χ2n) is 4.13. The van der Waals surface area contributed by atoms with Gasteiger partial charge in [0.15, 0.2) is 0 Å². The van der Waals surface area contributed by atoms with Crippen LogP contribution in [0.5, 0.6) is 5.88 Å². The minimum absolute atomic E-state index is 0.669. The number of hydrogen-bond acceptors (Lipinski definition) is 4. The Labute approximate surface area is 118 Å². The number of thioether (sulfide) groups is 1. The summed E-state index contributed by atoms with van der Waals surface area (Å²) in [5, 5.41) is 3.14. The van der Waals surface area contributed by atoms with Crippen LogP contribution < -0.4 is 10.1 Å². The van der Waals surface area contributed by atoms with Gasteiger partial charge >= 0.3 is 0 Å². The summed E-state index contributed by atoms with van der Waals surface area (Å²) in [6.07, 6.45) is 0. The molecule has 1 N–H and O–H groups in total. The van der Waals surface area contributed by atoms with Gasteiger partial charge in [-0.15, -0.1) is 11.8 Å². The standard InChI is InChI=1S/C15H18N2OS/c1-16-10-12-6-8-14(9-7-12)19-11-13-4-3-5-15(17-13)18-2/h3-9,16H,10-11H2,1-2H3. The summed E-state index contributed by atoms with van der Waals surface area (Å²) in [7, 11) is 3.59. The highest BCUT2D eigenvalue weighted by Gasteiger charge is 2.00. The molecule has 0 saturated heterocycles. The van der Waals surface area contributed by atoms with Crippen LogP contribution in [0.15, 0.2) is 47.4 Å². The average Bonchev–Trinajstić information content (AvgIpc) is 2.47. The topological polar surface area (TPSA) is 34.1 Å². The van der Waals surface area contributed by atoms with Crippen molar-refractivity contribution in [3.63, 3.8) is 0 Å². The fraction of sp³-hybridized carbons (Fsp3) is 0.267. The molecule has 0 unspecified atom stereocenters. The second-order valence-corrected chi connectivity index (χ2v) is 5.18. The van der Waals surface area contributed by atoms with Crippen molar-refractivity contribution >= 4 is 11.8 Å². The van der Waals surface area contributed by atoms with E-state index in [2.05, 4.69) is 34.6 Å². The van der Waals surface area contributed by atoms with E-state index < -0.39 is 0 Å². The maximum atomic E-state index is 5.12. The van der Waals surface area contributed by atoms with Gasteiger partial charge < -0.3 is 10.1 Å². The number of nitrogens with zero attached hydrogens (tertiary/aromatic N) is 1. The van der Waals surface area contributed by atoms with Crippen molar-refractivity contribution in [1.82, 2.24) is 10.3 Å². The lowest BCUT2D eigenvalue weighted by Crippen LogP contribution is -2.04. The van der Waals surface area contributed by atoms with Crippen molar-refractivity contribution in [2.45, 2.75) is 17.2 Å². The molecule has 2 aromatic rings. The first-order valence-corrected chi connectivity index (χ1v) is 7.16. The molecule has 0 saturated carbocycles. The third kappa shape index (κ3) is 4.26. The van der Waals surface area contributed by atoms with Crippen LogP contribution in [0.3, 0.4) is 0 Å². The molecule has 0 aliphatic rings. The van der Waals surface area contributed by atoms with Gasteiger partial charge in [-0.05, 0) is 30.8 Å². The summed E-state index contributed by atoms with van der Waals surface area (Å²) >= 11 is 1.78. The third-order valence-corrected chi connectivity index (χ3v) is 3.73. The molecule has 0 aliphatic carbocycles. The van der Waals surface area contributed by atoms with Gasteiger partial charge in [0.05, 0.1) is 12.8 Å². The van der Waals surface area contributed by atoms with Crippen LogP contribution in [0.2, 0.25) is 0 Å². The van der Waals surface area contributed by atoms with Crippen LogP contribution in [-0.2, 0) is 12.3 Å². The number of aromatic nitrogens is 1. The summed E-state index contributed by atoms with van der Waals surface area (Å²) in [6.45, 7) is 0.905. The SMILES string of the molecule is CNCc1ccc(SCc2cccc(OC)n2)cc1. The van der Waals surface area contributed by atoms with Crippen molar-refractivity contribution < 1.29 is 4.74 Å². The molecule has 0 radical (unpaired) electrons. The van der Waals surface area contributed by atoms with Gasteiger partial charge in [-0.1, -0.05) is 18.2 Å². The van der Waals surface area contributed by atoms with Crippen LogP contribution in [0, 0.1) is 0 Å². The van der Waals surface area contributed by atoms with E-state index in [-0.39, 0.29) is 0 Å². The Balaban J connectivity index is 1.94. The number of nitrogens with one attached hydrogen (secondary N) is 1. The number of methoxy groups -OCH3 is 1. The summed E-state index contributed by atoms with van der Waals surface area (Å²) in [5.41, 5.74) is 2.33. The molecule has 19 heavy (non-hydrogen) atoms. The van der Waals surface area contributed by atoms with Crippen molar-refractivity contribution in [1.29, 1.82) is 0 Å². The number of hydrogen-bond donors (Lipinski definition) is 1. The molecule has 0 fully saturated rings. The van der Waals surface area contributed by atoms with Gasteiger partial charge in [0, 0.05) is 23.3 Å². The number of ether oxygens (including phenoxy) is 1. The molecular weight excluding hydrogens is 256 g/mol. The average molecular weight is 274 g/mol. The molecule has 100 valence electrons. The molecular formula is C15H18N2OS. The van der Waals surface area contributed by atoms with Gasteiger partial charge in [0.1, 0.15) is 0 Å². The van der Waals surface area contributed by atoms with Crippen LogP contribution in [0.4, 0.5) is 0 Å². The Bertz CT molecular complexity index is 514. The fourth-order valence-corrected chi connectivity index (χ4v) is 2.52. The first-order valence-electron chi connectivity index (χ1n) is 6.18. The lowest BCUT2D eigenvalue weighted by molar-refractivity contribution is 0.397. The zero-order valence-electron chi connectivity index (χ0n) is 11.2. The molecule has 0 atom stereocenters. The lowest BCUT2D eigenvalue weighted by atomic mass is 10.2. The van der Waals surface area contributed by atoms with Crippen LogP contribution in [-0.4, -0.2) is 19.1 Å². The second kappa shape index (κ2) is 7.16. The van der Waals surface area contributed by atoms with E-state index in [1.807, 2.05) is 25.2 Å². The van der Waals surface area contributed by atoms with E-state index in [9.17, 15) is 0 Å². The smallest absolute Gasteiger partial charge is 0.213 e. The molecule has 0 amide bonds. The molecule has 1 heterocycles. The van der Waals surface area contributed by atoms with E-state index in [1.54, 1.807) is 18.9 Å². The lowest BCUT2D eigenvalue weighted by Gasteiger charge is -2.05. The number of rotatable bonds is 6. The first-order chi connectivity index (χ1) is 9.31. The zero-order valence-corrected chi connectivity index (χ0v) is 12.0. The van der Waals surface area contributed by atoms with E-state index in [4.69, 9.17) is 4.74 Å². The molecule has 3 nitrogen and oxygen atoms in total. The van der Waals surface area contributed by atoms with Gasteiger partial charge in [0.2, 0.25) is 5.88 Å². The number of benzene rings is 1. The third-order valence-electron chi connectivity index (χ3n) is 2.68. The Hall–Kier alpha value is -1.52. The largest absolute Gasteiger partial charge is 0.481 e. The molecule has 0 bridgehead atoms. The van der Waals surface area contributed by atoms with E-state index in [1.165, 1.54) is 10.5 Å². The Morgan fingerprint density at radius 3 is 2.63 bits per heavy atom. The van der Waals surface area contributed by atoms with Gasteiger partial charge in [-0.3, -0.25) is 0 Å². The highest BCUT2D eigenvalue weighted by molar-refractivity contribution is 7.98. The molecule has 0 aliphatic heterocycles. The van der Waals surface area contributed by atoms with Crippen LogP contribution in [0.1, 0.15) is 11.3 Å². The van der Waals surface area contributed by atoms with Gasteiger partial charge in [0.25, 0.3) is 0 Å². The van der Waals surface area contributed by atoms with E-state index >= 15 is 0 Å². The maximum absolute atomic E-state index is 5.12. The fourth-order valence-electron chi connectivity index (χ4n) is 1.72. The predicted octanol–water partition coefficient (Wildman–Crippen LogP) is 3.10. The minimum atomic E-state index is 0.669. The zero-order chi connectivity index (χ0) is 13.5. The Morgan fingerprint density at radius 1 is 1.16 bits per heavy atom. The quantitative estimate of drug-likeness (QED) is 0.821. The molecule has 4 heteroatoms. The Morgan fingerprint density at radius 2 is 1.95 bits per heavy atom. The maximum Gasteiger partial charge on any atom is 0.213 e. The Kier molecular flexibility index (Phi) is 5.24. The first kappa shape index (κ1) is 13.9. The highest BCUT2D eigenvalue weighted by Crippen LogP contribution is 2.23. The van der Waals surface area contributed by atoms with E-state index in [0.29, 0.717) is 5.88 Å². The summed E-state index contributed by atoms with van der Waals surface area (Å²) in [6, 6.07) is 14.5. The summed E-state index contributed by atoms with van der Waals surface area (Å²) in [4.78, 5) is 5.65.